The van der Waals surface area contributed by atoms with Crippen LogP contribution in [0.1, 0.15) is 43.6 Å². The molecule has 0 bridgehead atoms. The Hall–Kier alpha value is -1.95. The van der Waals surface area contributed by atoms with E-state index in [4.69, 9.17) is 0 Å². The highest BCUT2D eigenvalue weighted by Crippen LogP contribution is 2.35. The van der Waals surface area contributed by atoms with E-state index in [1.54, 1.807) is 0 Å². The van der Waals surface area contributed by atoms with Crippen molar-refractivity contribution in [3.8, 4) is 0 Å². The Balaban J connectivity index is 1.85. The lowest BCUT2D eigenvalue weighted by molar-refractivity contribution is -0.128. The molecule has 0 radical (unpaired) electrons. The molecule has 2 aliphatic rings. The van der Waals surface area contributed by atoms with E-state index in [-0.39, 0.29) is 24.8 Å². The normalized spacial score (nSPS) is 22.8. The van der Waals surface area contributed by atoms with E-state index in [1.807, 2.05) is 0 Å². The maximum absolute atomic E-state index is 13.3. The van der Waals surface area contributed by atoms with Crippen LogP contribution in [0.5, 0.6) is 0 Å². The van der Waals surface area contributed by atoms with Gasteiger partial charge in [-0.05, 0) is 30.5 Å². The van der Waals surface area contributed by atoms with Gasteiger partial charge in [0.2, 0.25) is 11.8 Å². The Morgan fingerprint density at radius 3 is 2.82 bits per heavy atom. The zero-order valence-electron chi connectivity index (χ0n) is 12.2. The molecule has 0 saturated heterocycles. The molecule has 118 valence electrons. The van der Waals surface area contributed by atoms with E-state index in [2.05, 4.69) is 10.6 Å². The highest BCUT2D eigenvalue weighted by molar-refractivity contribution is 6.01. The maximum Gasteiger partial charge on any atom is 0.228 e. The quantitative estimate of drug-likeness (QED) is 0.795. The van der Waals surface area contributed by atoms with Gasteiger partial charge >= 0.3 is 0 Å². The summed E-state index contributed by atoms with van der Waals surface area (Å²) >= 11 is 0. The third-order valence-corrected chi connectivity index (χ3v) is 4.62. The second kappa shape index (κ2) is 5.68. The summed E-state index contributed by atoms with van der Waals surface area (Å²) in [4.78, 5) is 24.4. The van der Waals surface area contributed by atoms with Gasteiger partial charge in [-0.25, -0.2) is 4.39 Å². The number of rotatable bonds is 3. The molecular formula is C16H19FN2O3. The smallest absolute Gasteiger partial charge is 0.228 e. The van der Waals surface area contributed by atoms with E-state index in [1.165, 1.54) is 18.2 Å². The van der Waals surface area contributed by atoms with Gasteiger partial charge in [-0.1, -0.05) is 18.9 Å². The highest BCUT2D eigenvalue weighted by atomic mass is 19.1. The van der Waals surface area contributed by atoms with Crippen molar-refractivity contribution in [2.24, 2.45) is 0 Å². The molecule has 1 unspecified atom stereocenters. The molecule has 3 rings (SSSR count). The van der Waals surface area contributed by atoms with Crippen LogP contribution in [0.25, 0.3) is 0 Å². The SMILES string of the molecule is O=C1CC(C(=O)NC2(CO)CCCC2)c2ccc(F)cc2N1. The number of fused-ring (bicyclic) bond motifs is 1. The molecule has 22 heavy (non-hydrogen) atoms. The van der Waals surface area contributed by atoms with E-state index < -0.39 is 17.3 Å². The van der Waals surface area contributed by atoms with E-state index in [0.29, 0.717) is 11.3 Å². The molecule has 6 heteroatoms. The first-order valence-electron chi connectivity index (χ1n) is 7.55. The number of hydrogen-bond donors (Lipinski definition) is 3. The van der Waals surface area contributed by atoms with Gasteiger partial charge in [0.05, 0.1) is 18.1 Å². The molecule has 0 spiro atoms. The predicted octanol–water partition coefficient (Wildman–Crippen LogP) is 1.67. The number of aliphatic hydroxyl groups is 1. The Morgan fingerprint density at radius 2 is 2.14 bits per heavy atom. The Morgan fingerprint density at radius 1 is 1.41 bits per heavy atom. The van der Waals surface area contributed by atoms with Crippen LogP contribution in [0.3, 0.4) is 0 Å². The van der Waals surface area contributed by atoms with E-state index >= 15 is 0 Å². The van der Waals surface area contributed by atoms with Gasteiger partial charge in [0.15, 0.2) is 0 Å². The number of aliphatic hydroxyl groups excluding tert-OH is 1. The summed E-state index contributed by atoms with van der Waals surface area (Å²) < 4.78 is 13.3. The standard InChI is InChI=1S/C16H19FN2O3/c17-10-3-4-11-12(8-14(21)18-13(11)7-10)15(22)19-16(9-20)5-1-2-6-16/h3-4,7,12,20H,1-2,5-6,8-9H2,(H,18,21)(H,19,22). The van der Waals surface area contributed by atoms with Crippen LogP contribution in [0.15, 0.2) is 18.2 Å². The van der Waals surface area contributed by atoms with Crippen LogP contribution in [0.4, 0.5) is 10.1 Å². The molecule has 5 nitrogen and oxygen atoms in total. The minimum absolute atomic E-state index is 0.0337. The lowest BCUT2D eigenvalue weighted by Gasteiger charge is -2.32. The van der Waals surface area contributed by atoms with E-state index in [0.717, 1.165) is 25.7 Å². The Bertz CT molecular complexity index is 611. The number of halogens is 1. The summed E-state index contributed by atoms with van der Waals surface area (Å²) in [6, 6.07) is 4.05. The zero-order chi connectivity index (χ0) is 15.7. The second-order valence-corrected chi connectivity index (χ2v) is 6.17. The van der Waals surface area contributed by atoms with Gasteiger partial charge in [-0.2, -0.15) is 0 Å². The Kier molecular flexibility index (Phi) is 3.87. The fourth-order valence-electron chi connectivity index (χ4n) is 3.39. The van der Waals surface area contributed by atoms with Crippen LogP contribution < -0.4 is 10.6 Å². The van der Waals surface area contributed by atoms with Gasteiger partial charge in [0, 0.05) is 12.1 Å². The summed E-state index contributed by atoms with van der Waals surface area (Å²) in [5.74, 6) is -1.68. The number of amides is 2. The van der Waals surface area contributed by atoms with Gasteiger partial charge < -0.3 is 15.7 Å². The topological polar surface area (TPSA) is 78.4 Å². The molecule has 1 heterocycles. The van der Waals surface area contributed by atoms with Crippen molar-refractivity contribution in [3.05, 3.63) is 29.6 Å². The first kappa shape index (κ1) is 15.0. The van der Waals surface area contributed by atoms with Crippen LogP contribution >= 0.6 is 0 Å². The maximum atomic E-state index is 13.3. The molecule has 1 atom stereocenters. The first-order chi connectivity index (χ1) is 10.5. The molecule has 1 aliphatic carbocycles. The molecule has 0 aromatic heterocycles. The molecule has 1 aromatic carbocycles. The number of carbonyl (C=O) groups excluding carboxylic acids is 2. The van der Waals surface area contributed by atoms with Crippen LogP contribution in [-0.4, -0.2) is 29.1 Å². The zero-order valence-corrected chi connectivity index (χ0v) is 12.2. The number of anilines is 1. The lowest BCUT2D eigenvalue weighted by atomic mass is 9.88. The minimum Gasteiger partial charge on any atom is -0.394 e. The van der Waals surface area contributed by atoms with Crippen LogP contribution in [-0.2, 0) is 9.59 Å². The highest BCUT2D eigenvalue weighted by Gasteiger charge is 2.38. The van der Waals surface area contributed by atoms with Crippen molar-refractivity contribution in [1.29, 1.82) is 0 Å². The van der Waals surface area contributed by atoms with Crippen LogP contribution in [0, 0.1) is 5.82 Å². The van der Waals surface area contributed by atoms with Crippen molar-refractivity contribution in [2.75, 3.05) is 11.9 Å². The van der Waals surface area contributed by atoms with Gasteiger partial charge in [-0.15, -0.1) is 0 Å². The minimum atomic E-state index is -0.645. The summed E-state index contributed by atoms with van der Waals surface area (Å²) in [5.41, 5.74) is 0.385. The van der Waals surface area contributed by atoms with Crippen molar-refractivity contribution in [2.45, 2.75) is 43.6 Å². The van der Waals surface area contributed by atoms with E-state index in [9.17, 15) is 19.1 Å². The third-order valence-electron chi connectivity index (χ3n) is 4.62. The molecule has 1 fully saturated rings. The molecule has 1 aromatic rings. The summed E-state index contributed by atoms with van der Waals surface area (Å²) in [6.45, 7) is -0.103. The molecule has 3 N–H and O–H groups in total. The van der Waals surface area contributed by atoms with Crippen molar-refractivity contribution < 1.29 is 19.1 Å². The number of nitrogens with one attached hydrogen (secondary N) is 2. The lowest BCUT2D eigenvalue weighted by Crippen LogP contribution is -2.51. The molecular weight excluding hydrogens is 287 g/mol. The van der Waals surface area contributed by atoms with Gasteiger partial charge in [-0.3, -0.25) is 9.59 Å². The largest absolute Gasteiger partial charge is 0.394 e. The number of benzene rings is 1. The Labute approximate surface area is 127 Å². The number of carbonyl (C=O) groups is 2. The van der Waals surface area contributed by atoms with Crippen LogP contribution in [0.2, 0.25) is 0 Å². The summed E-state index contributed by atoms with van der Waals surface area (Å²) in [6.07, 6.45) is 3.45. The number of hydrogen-bond acceptors (Lipinski definition) is 3. The first-order valence-corrected chi connectivity index (χ1v) is 7.55. The van der Waals surface area contributed by atoms with Crippen molar-refractivity contribution in [3.63, 3.8) is 0 Å². The predicted molar refractivity (Wildman–Crippen MR) is 78.8 cm³/mol. The van der Waals surface area contributed by atoms with Gasteiger partial charge in [0.25, 0.3) is 0 Å². The van der Waals surface area contributed by atoms with Gasteiger partial charge in [0.1, 0.15) is 5.82 Å². The summed E-state index contributed by atoms with van der Waals surface area (Å²) in [7, 11) is 0. The van der Waals surface area contributed by atoms with Crippen molar-refractivity contribution in [1.82, 2.24) is 5.32 Å². The van der Waals surface area contributed by atoms with Crippen molar-refractivity contribution >= 4 is 17.5 Å². The monoisotopic (exact) mass is 306 g/mol. The molecule has 1 saturated carbocycles. The summed E-state index contributed by atoms with van der Waals surface area (Å²) in [5, 5.41) is 15.1. The second-order valence-electron chi connectivity index (χ2n) is 6.17. The average molecular weight is 306 g/mol. The average Bonchev–Trinajstić information content (AvgIpc) is 2.95. The molecule has 1 aliphatic heterocycles. The molecule has 2 amide bonds. The fourth-order valence-corrected chi connectivity index (χ4v) is 3.39. The fraction of sp³-hybridized carbons (Fsp3) is 0.500. The third kappa shape index (κ3) is 2.70.